The van der Waals surface area contributed by atoms with Gasteiger partial charge in [-0.1, -0.05) is 80.2 Å². The molecule has 0 aromatic heterocycles. The number of unbranched alkanes of at least 4 members (excludes halogenated alkanes) is 2. The van der Waals surface area contributed by atoms with Crippen molar-refractivity contribution in [3.8, 4) is 5.75 Å². The fourth-order valence-corrected chi connectivity index (χ4v) is 6.32. The summed E-state index contributed by atoms with van der Waals surface area (Å²) in [5, 5.41) is 0. The van der Waals surface area contributed by atoms with Crippen molar-refractivity contribution in [1.82, 2.24) is 0 Å². The zero-order valence-corrected chi connectivity index (χ0v) is 23.6. The molecular weight excluding hydrogens is 469 g/mol. The molecule has 0 spiro atoms. The summed E-state index contributed by atoms with van der Waals surface area (Å²) in [5.41, 5.74) is -1.56. The van der Waals surface area contributed by atoms with Gasteiger partial charge in [-0.25, -0.2) is 4.39 Å². The summed E-state index contributed by atoms with van der Waals surface area (Å²) in [4.78, 5) is 9.09. The largest absolute Gasteiger partial charge is 0.694 e. The highest BCUT2D eigenvalue weighted by atomic mass is 31.1. The Labute approximate surface area is 212 Å². The molecule has 0 bridgehead atoms. The Hall–Kier alpha value is -1.10. The maximum absolute atomic E-state index is 15.4. The van der Waals surface area contributed by atoms with E-state index in [1.165, 1.54) is 25.7 Å². The molecular formula is C28H46F2O4P+. The molecule has 200 valence electrons. The van der Waals surface area contributed by atoms with Gasteiger partial charge in [0, 0.05) is 21.8 Å². The monoisotopic (exact) mass is 515 g/mol. The van der Waals surface area contributed by atoms with Gasteiger partial charge in [-0.2, -0.15) is 4.39 Å². The lowest BCUT2D eigenvalue weighted by molar-refractivity contribution is -0.127. The van der Waals surface area contributed by atoms with Crippen LogP contribution in [0.2, 0.25) is 0 Å². The van der Waals surface area contributed by atoms with Crippen LogP contribution >= 0.6 is 8.25 Å². The fraction of sp³-hybridized carbons (Fsp3) is 0.786. The maximum atomic E-state index is 15.4. The zero-order chi connectivity index (χ0) is 26.4. The van der Waals surface area contributed by atoms with Gasteiger partial charge in [0.15, 0.2) is 11.6 Å². The molecule has 0 radical (unpaired) electrons. The number of benzene rings is 1. The SMILES string of the molecule is CCCCCC1CCC(c2ccc(OC(CCO[P+](=O)O)(C(C)(C)C)C(C)(C)C)c(F)c2F)CC1. The van der Waals surface area contributed by atoms with Crippen molar-refractivity contribution >= 4 is 8.25 Å². The normalized spacial score (nSPS) is 20.1. The highest BCUT2D eigenvalue weighted by Gasteiger charge is 2.53. The summed E-state index contributed by atoms with van der Waals surface area (Å²) in [5.74, 6) is -1.17. The number of halogens is 2. The van der Waals surface area contributed by atoms with E-state index in [0.717, 1.165) is 25.7 Å². The van der Waals surface area contributed by atoms with E-state index in [1.807, 2.05) is 41.5 Å². The van der Waals surface area contributed by atoms with E-state index < -0.39 is 36.3 Å². The minimum Gasteiger partial charge on any atom is -0.483 e. The van der Waals surface area contributed by atoms with Crippen LogP contribution < -0.4 is 4.74 Å². The standard InChI is InChI=1S/C28H45F2O4P/c1-8-9-10-11-20-12-14-21(15-13-20)22-16-17-23(25(30)24(22)29)34-28(26(2,3)4,27(5,6)7)18-19-33-35(31)32/h16-17,20-21H,8-15,18-19H2,1-7H3/p+1. The first-order chi connectivity index (χ1) is 16.2. The Kier molecular flexibility index (Phi) is 10.7. The van der Waals surface area contributed by atoms with Crippen LogP contribution in [0.3, 0.4) is 0 Å². The third kappa shape index (κ3) is 7.46. The van der Waals surface area contributed by atoms with Crippen LogP contribution in [0.25, 0.3) is 0 Å². The van der Waals surface area contributed by atoms with Gasteiger partial charge < -0.3 is 4.74 Å². The van der Waals surface area contributed by atoms with Gasteiger partial charge in [0.1, 0.15) is 12.2 Å². The molecule has 7 heteroatoms. The molecule has 0 aliphatic heterocycles. The van der Waals surface area contributed by atoms with E-state index in [1.54, 1.807) is 12.1 Å². The lowest BCUT2D eigenvalue weighted by Crippen LogP contribution is -2.58. The van der Waals surface area contributed by atoms with Gasteiger partial charge in [0.05, 0.1) is 0 Å². The van der Waals surface area contributed by atoms with Gasteiger partial charge in [0.2, 0.25) is 5.82 Å². The number of hydrogen-bond donors (Lipinski definition) is 1. The molecule has 1 saturated carbocycles. The van der Waals surface area contributed by atoms with Crippen LogP contribution in [0.15, 0.2) is 12.1 Å². The van der Waals surface area contributed by atoms with Crippen molar-refractivity contribution in [1.29, 1.82) is 0 Å². The van der Waals surface area contributed by atoms with Crippen LogP contribution in [0.5, 0.6) is 5.75 Å². The van der Waals surface area contributed by atoms with Crippen molar-refractivity contribution in [3.63, 3.8) is 0 Å². The Morgan fingerprint density at radius 2 is 1.57 bits per heavy atom. The molecule has 2 rings (SSSR count). The summed E-state index contributed by atoms with van der Waals surface area (Å²) in [7, 11) is -2.76. The minimum absolute atomic E-state index is 0.0326. The number of rotatable bonds is 11. The summed E-state index contributed by atoms with van der Waals surface area (Å²) < 4.78 is 53.2. The van der Waals surface area contributed by atoms with Crippen LogP contribution in [-0.4, -0.2) is 17.1 Å². The highest BCUT2D eigenvalue weighted by molar-refractivity contribution is 7.32. The molecule has 4 nitrogen and oxygen atoms in total. The highest BCUT2D eigenvalue weighted by Crippen LogP contribution is 2.50. The van der Waals surface area contributed by atoms with Gasteiger partial charge in [0.25, 0.3) is 0 Å². The molecule has 0 heterocycles. The molecule has 1 fully saturated rings. The van der Waals surface area contributed by atoms with Crippen molar-refractivity contribution in [2.75, 3.05) is 6.61 Å². The average molecular weight is 516 g/mol. The predicted octanol–water partition coefficient (Wildman–Crippen LogP) is 9.09. The molecule has 1 aromatic rings. The summed E-state index contributed by atoms with van der Waals surface area (Å²) in [6.07, 6.45) is 9.12. The second kappa shape index (κ2) is 12.4. The molecule has 1 aromatic carbocycles. The molecule has 1 unspecified atom stereocenters. The molecule has 1 aliphatic rings. The quantitative estimate of drug-likeness (QED) is 0.236. The number of hydrogen-bond acceptors (Lipinski definition) is 3. The van der Waals surface area contributed by atoms with E-state index in [-0.39, 0.29) is 24.7 Å². The zero-order valence-electron chi connectivity index (χ0n) is 22.8. The molecule has 35 heavy (non-hydrogen) atoms. The van der Waals surface area contributed by atoms with E-state index in [2.05, 4.69) is 6.92 Å². The van der Waals surface area contributed by atoms with Crippen LogP contribution in [0.1, 0.15) is 118 Å². The van der Waals surface area contributed by atoms with Gasteiger partial charge in [-0.05, 0) is 49.1 Å². The van der Waals surface area contributed by atoms with Crippen LogP contribution in [0, 0.1) is 28.4 Å². The topological polar surface area (TPSA) is 55.8 Å². The van der Waals surface area contributed by atoms with Crippen molar-refractivity contribution in [3.05, 3.63) is 29.3 Å². The first kappa shape index (κ1) is 30.1. The lowest BCUT2D eigenvalue weighted by atomic mass is 9.61. The minimum atomic E-state index is -2.76. The third-order valence-corrected chi connectivity index (χ3v) is 8.35. The van der Waals surface area contributed by atoms with Crippen molar-refractivity contribution in [2.45, 2.75) is 118 Å². The Morgan fingerprint density at radius 1 is 0.971 bits per heavy atom. The van der Waals surface area contributed by atoms with Crippen LogP contribution in [-0.2, 0) is 9.09 Å². The van der Waals surface area contributed by atoms with E-state index in [4.69, 9.17) is 14.2 Å². The summed E-state index contributed by atoms with van der Waals surface area (Å²) >= 11 is 0. The Morgan fingerprint density at radius 3 is 2.09 bits per heavy atom. The first-order valence-electron chi connectivity index (χ1n) is 13.2. The van der Waals surface area contributed by atoms with Crippen LogP contribution in [0.4, 0.5) is 8.78 Å². The molecule has 1 aliphatic carbocycles. The third-order valence-electron chi connectivity index (χ3n) is 7.94. The van der Waals surface area contributed by atoms with E-state index in [0.29, 0.717) is 11.5 Å². The Balaban J connectivity index is 2.27. The van der Waals surface area contributed by atoms with Gasteiger partial charge in [-0.15, -0.1) is 9.42 Å². The van der Waals surface area contributed by atoms with Gasteiger partial charge in [-0.3, -0.25) is 0 Å². The second-order valence-corrected chi connectivity index (χ2v) is 13.0. The number of ether oxygens (including phenoxy) is 1. The molecule has 1 N–H and O–H groups in total. The average Bonchev–Trinajstić information content (AvgIpc) is 2.75. The van der Waals surface area contributed by atoms with E-state index >= 15 is 8.78 Å². The van der Waals surface area contributed by atoms with E-state index in [9.17, 15) is 4.57 Å². The molecule has 1 atom stereocenters. The van der Waals surface area contributed by atoms with Crippen molar-refractivity contribution < 1.29 is 27.5 Å². The smallest absolute Gasteiger partial charge is 0.483 e. The maximum Gasteiger partial charge on any atom is 0.694 e. The fourth-order valence-electron chi connectivity index (χ4n) is 6.07. The summed E-state index contributed by atoms with van der Waals surface area (Å²) in [6, 6.07) is 3.24. The van der Waals surface area contributed by atoms with Gasteiger partial charge >= 0.3 is 8.25 Å². The Bertz CT molecular complexity index is 823. The lowest BCUT2D eigenvalue weighted by Gasteiger charge is -2.53. The second-order valence-electron chi connectivity index (χ2n) is 12.2. The molecule has 0 saturated heterocycles. The predicted molar refractivity (Wildman–Crippen MR) is 138 cm³/mol. The molecule has 0 amide bonds. The first-order valence-corrected chi connectivity index (χ1v) is 14.3. The summed E-state index contributed by atoms with van der Waals surface area (Å²) in [6.45, 7) is 14.0. The van der Waals surface area contributed by atoms with Crippen molar-refractivity contribution in [2.24, 2.45) is 16.7 Å².